The smallest absolute Gasteiger partial charge is 0.389 e. The number of hydrogen-bond acceptors (Lipinski definition) is 7. The van der Waals surface area contributed by atoms with Gasteiger partial charge in [0, 0.05) is 32.3 Å². The summed E-state index contributed by atoms with van der Waals surface area (Å²) in [4.78, 5) is 8.90. The number of hydrogen-bond donors (Lipinski definition) is 1. The summed E-state index contributed by atoms with van der Waals surface area (Å²) >= 11 is 0. The zero-order chi connectivity index (χ0) is 26.0. The first kappa shape index (κ1) is 24.0. The topological polar surface area (TPSA) is 113 Å². The third-order valence-corrected chi connectivity index (χ3v) is 6.27. The van der Waals surface area contributed by atoms with E-state index in [-0.39, 0.29) is 6.42 Å². The largest absolute Gasteiger partial charge is 0.451 e. The summed E-state index contributed by atoms with van der Waals surface area (Å²) in [6.07, 6.45) is -1.51. The quantitative estimate of drug-likeness (QED) is 0.371. The number of halogens is 3. The molecule has 5 heterocycles. The summed E-state index contributed by atoms with van der Waals surface area (Å²) in [6.45, 7) is 4.99. The minimum atomic E-state index is -4.38. The molecular weight excluding hydrogens is 477 g/mol. The van der Waals surface area contributed by atoms with Crippen LogP contribution in [0.1, 0.15) is 49.8 Å². The Morgan fingerprint density at radius 2 is 1.86 bits per heavy atom. The molecule has 0 aliphatic carbocycles. The molecule has 0 unspecified atom stereocenters. The molecule has 0 spiro atoms. The van der Waals surface area contributed by atoms with Gasteiger partial charge < -0.3 is 14.1 Å². The highest BCUT2D eigenvalue weighted by Gasteiger charge is 2.35. The summed E-state index contributed by atoms with van der Waals surface area (Å²) in [5, 5.41) is 23.6. The number of oxazole rings is 1. The molecule has 0 aromatic carbocycles. The molecule has 0 fully saturated rings. The average molecular weight is 503 g/mol. The molecule has 0 radical (unpaired) electrons. The predicted molar refractivity (Wildman–Crippen MR) is 124 cm³/mol. The predicted octanol–water partition coefficient (Wildman–Crippen LogP) is 4.17. The highest BCUT2D eigenvalue weighted by atomic mass is 19.4. The van der Waals surface area contributed by atoms with Crippen LogP contribution in [0.3, 0.4) is 0 Å². The van der Waals surface area contributed by atoms with Crippen LogP contribution >= 0.6 is 0 Å². The van der Waals surface area contributed by atoms with Crippen molar-refractivity contribution in [3.05, 3.63) is 42.0 Å². The standard InChI is InChI=1S/C23H25F3N8O2/c1-12-18(33(5)31-29-12)13-8-16-17(27-9-13)19-20(21(22(2,3)35)30-32(19)4)34(16)15(6-7-23(24,25)26)14-10-36-11-28-14/h8-11,15,35H,6-7H2,1-5H3/t15-/m0/s1. The number of aryl methyl sites for hydroxylation is 3. The van der Waals surface area contributed by atoms with E-state index in [2.05, 4.69) is 20.4 Å². The van der Waals surface area contributed by atoms with Crippen LogP contribution in [0.25, 0.3) is 33.3 Å². The second-order valence-electron chi connectivity index (χ2n) is 9.42. The average Bonchev–Trinajstić information content (AvgIpc) is 3.54. The van der Waals surface area contributed by atoms with Crippen molar-refractivity contribution < 1.29 is 22.7 Å². The molecule has 1 atom stereocenters. The van der Waals surface area contributed by atoms with E-state index in [1.165, 1.54) is 12.7 Å². The Balaban J connectivity index is 1.88. The Bertz CT molecular complexity index is 1540. The van der Waals surface area contributed by atoms with Crippen LogP contribution in [0.5, 0.6) is 0 Å². The normalized spacial score (nSPS) is 13.8. The molecule has 13 heteroatoms. The lowest BCUT2D eigenvalue weighted by atomic mass is 10.0. The van der Waals surface area contributed by atoms with Crippen molar-refractivity contribution in [2.75, 3.05) is 0 Å². The number of nitrogens with zero attached hydrogens (tertiary/aromatic N) is 8. The van der Waals surface area contributed by atoms with Crippen LogP contribution in [0.15, 0.2) is 29.3 Å². The highest BCUT2D eigenvalue weighted by molar-refractivity contribution is 6.06. The number of aliphatic hydroxyl groups is 1. The maximum absolute atomic E-state index is 13.4. The summed E-state index contributed by atoms with van der Waals surface area (Å²) in [7, 11) is 3.47. The van der Waals surface area contributed by atoms with Gasteiger partial charge in [-0.2, -0.15) is 18.3 Å². The van der Waals surface area contributed by atoms with Gasteiger partial charge in [-0.1, -0.05) is 5.21 Å². The van der Waals surface area contributed by atoms with Gasteiger partial charge >= 0.3 is 6.18 Å². The van der Waals surface area contributed by atoms with Crippen molar-refractivity contribution in [3.63, 3.8) is 0 Å². The van der Waals surface area contributed by atoms with Gasteiger partial charge in [-0.25, -0.2) is 9.67 Å². The van der Waals surface area contributed by atoms with E-state index in [1.54, 1.807) is 48.1 Å². The summed E-state index contributed by atoms with van der Waals surface area (Å²) in [5.74, 6) is 0. The first-order valence-electron chi connectivity index (χ1n) is 11.3. The molecule has 5 aromatic heterocycles. The molecule has 0 aliphatic heterocycles. The van der Waals surface area contributed by atoms with E-state index in [9.17, 15) is 18.3 Å². The number of rotatable bonds is 6. The molecule has 1 N–H and O–H groups in total. The molecule has 36 heavy (non-hydrogen) atoms. The maximum Gasteiger partial charge on any atom is 0.389 e. The summed E-state index contributed by atoms with van der Waals surface area (Å²) < 4.78 is 50.3. The van der Waals surface area contributed by atoms with E-state index in [0.717, 1.165) is 5.69 Å². The zero-order valence-electron chi connectivity index (χ0n) is 20.4. The lowest BCUT2D eigenvalue weighted by Gasteiger charge is -2.22. The fraction of sp³-hybridized carbons (Fsp3) is 0.435. The Kier molecular flexibility index (Phi) is 5.43. The van der Waals surface area contributed by atoms with Crippen molar-refractivity contribution in [2.45, 2.75) is 51.4 Å². The van der Waals surface area contributed by atoms with Crippen LogP contribution in [-0.4, -0.2) is 50.6 Å². The number of pyridine rings is 1. The molecule has 0 saturated carbocycles. The van der Waals surface area contributed by atoms with Gasteiger partial charge in [0.15, 0.2) is 6.39 Å². The van der Waals surface area contributed by atoms with Crippen molar-refractivity contribution in [1.29, 1.82) is 0 Å². The molecular formula is C23H25F3N8O2. The molecule has 5 aromatic rings. The van der Waals surface area contributed by atoms with Gasteiger partial charge in [-0.3, -0.25) is 9.67 Å². The maximum atomic E-state index is 13.4. The van der Waals surface area contributed by atoms with Crippen molar-refractivity contribution in [2.24, 2.45) is 14.1 Å². The van der Waals surface area contributed by atoms with Crippen LogP contribution in [0.4, 0.5) is 13.2 Å². The van der Waals surface area contributed by atoms with Crippen LogP contribution in [0.2, 0.25) is 0 Å². The van der Waals surface area contributed by atoms with Crippen LogP contribution in [0, 0.1) is 6.92 Å². The van der Waals surface area contributed by atoms with E-state index in [1.807, 2.05) is 13.0 Å². The molecule has 5 rings (SSSR count). The molecule has 0 saturated heterocycles. The second-order valence-corrected chi connectivity index (χ2v) is 9.42. The minimum absolute atomic E-state index is 0.300. The number of aromatic nitrogens is 8. The molecule has 10 nitrogen and oxygen atoms in total. The third kappa shape index (κ3) is 3.92. The third-order valence-electron chi connectivity index (χ3n) is 6.27. The lowest BCUT2D eigenvalue weighted by Crippen LogP contribution is -2.21. The molecule has 0 bridgehead atoms. The van der Waals surface area contributed by atoms with Crippen LogP contribution < -0.4 is 0 Å². The Morgan fingerprint density at radius 3 is 2.44 bits per heavy atom. The first-order valence-corrected chi connectivity index (χ1v) is 11.3. The van der Waals surface area contributed by atoms with E-state index < -0.39 is 24.2 Å². The number of alkyl halides is 3. The fourth-order valence-corrected chi connectivity index (χ4v) is 4.76. The number of fused-ring (bicyclic) bond motifs is 3. The van der Waals surface area contributed by atoms with Gasteiger partial charge in [0.05, 0.1) is 28.5 Å². The van der Waals surface area contributed by atoms with E-state index in [0.29, 0.717) is 44.7 Å². The SMILES string of the molecule is Cc1nnn(C)c1-c1cnc2c3c(c(C(C)(C)O)nn3C)n([C@@H](CCC(F)(F)F)c3cocn3)c2c1. The summed E-state index contributed by atoms with van der Waals surface area (Å²) in [6, 6.07) is 0.988. The Labute approximate surface area is 203 Å². The van der Waals surface area contributed by atoms with E-state index >= 15 is 0 Å². The van der Waals surface area contributed by atoms with E-state index in [4.69, 9.17) is 9.40 Å². The molecule has 190 valence electrons. The highest BCUT2D eigenvalue weighted by Crippen LogP contribution is 2.41. The second kappa shape index (κ2) is 8.15. The van der Waals surface area contributed by atoms with Crippen molar-refractivity contribution >= 4 is 22.1 Å². The van der Waals surface area contributed by atoms with Crippen LogP contribution in [-0.2, 0) is 19.7 Å². The lowest BCUT2D eigenvalue weighted by molar-refractivity contribution is -0.136. The zero-order valence-corrected chi connectivity index (χ0v) is 20.4. The first-order chi connectivity index (χ1) is 16.9. The summed E-state index contributed by atoms with van der Waals surface area (Å²) in [5.41, 5.74) is 3.56. The van der Waals surface area contributed by atoms with Gasteiger partial charge in [-0.05, 0) is 33.3 Å². The molecule has 0 amide bonds. The van der Waals surface area contributed by atoms with Gasteiger partial charge in [0.1, 0.15) is 34.3 Å². The Morgan fingerprint density at radius 1 is 1.11 bits per heavy atom. The fourth-order valence-electron chi connectivity index (χ4n) is 4.76. The van der Waals surface area contributed by atoms with Crippen molar-refractivity contribution in [3.8, 4) is 11.3 Å². The molecule has 0 aliphatic rings. The monoisotopic (exact) mass is 502 g/mol. The van der Waals surface area contributed by atoms with Gasteiger partial charge in [0.2, 0.25) is 0 Å². The van der Waals surface area contributed by atoms with Crippen molar-refractivity contribution in [1.82, 2.24) is 39.3 Å². The minimum Gasteiger partial charge on any atom is -0.451 e. The Hall–Kier alpha value is -3.74. The van der Waals surface area contributed by atoms with Gasteiger partial charge in [-0.15, -0.1) is 5.10 Å². The van der Waals surface area contributed by atoms with Gasteiger partial charge in [0.25, 0.3) is 0 Å².